The van der Waals surface area contributed by atoms with Gasteiger partial charge >= 0.3 is 0 Å². The third-order valence-electron chi connectivity index (χ3n) is 4.11. The standard InChI is InChI=1S/C15H21BrN2O/c1-10-8-11(16)13(9-12(10)17)18-14(19)15(2)6-4-3-5-7-15/h8-9H,3-7,17H2,1-2H3,(H,18,19). The molecular formula is C15H21BrN2O. The highest BCUT2D eigenvalue weighted by atomic mass is 79.9. The number of anilines is 2. The molecule has 1 saturated carbocycles. The lowest BCUT2D eigenvalue weighted by atomic mass is 9.75. The fourth-order valence-corrected chi connectivity index (χ4v) is 3.17. The first-order valence-electron chi connectivity index (χ1n) is 6.79. The van der Waals surface area contributed by atoms with Crippen LogP contribution in [-0.4, -0.2) is 5.91 Å². The fourth-order valence-electron chi connectivity index (χ4n) is 2.62. The lowest BCUT2D eigenvalue weighted by molar-refractivity contribution is -0.126. The minimum atomic E-state index is -0.239. The van der Waals surface area contributed by atoms with E-state index in [0.717, 1.165) is 41.4 Å². The number of carbonyl (C=O) groups is 1. The van der Waals surface area contributed by atoms with Crippen LogP contribution in [0.25, 0.3) is 0 Å². The average Bonchev–Trinajstić information content (AvgIpc) is 2.36. The molecule has 0 aliphatic heterocycles. The van der Waals surface area contributed by atoms with E-state index in [4.69, 9.17) is 5.73 Å². The van der Waals surface area contributed by atoms with Crippen molar-refractivity contribution in [3.8, 4) is 0 Å². The highest BCUT2D eigenvalue weighted by Gasteiger charge is 2.34. The zero-order valence-corrected chi connectivity index (χ0v) is 13.1. The van der Waals surface area contributed by atoms with Gasteiger partial charge in [0.25, 0.3) is 0 Å². The fraction of sp³-hybridized carbons (Fsp3) is 0.533. The highest BCUT2D eigenvalue weighted by molar-refractivity contribution is 9.10. The van der Waals surface area contributed by atoms with E-state index >= 15 is 0 Å². The molecule has 0 saturated heterocycles. The maximum atomic E-state index is 12.5. The molecule has 1 amide bonds. The summed E-state index contributed by atoms with van der Waals surface area (Å²) in [5, 5.41) is 3.02. The second-order valence-electron chi connectivity index (χ2n) is 5.76. The molecule has 1 aromatic rings. The lowest BCUT2D eigenvalue weighted by Crippen LogP contribution is -2.35. The van der Waals surface area contributed by atoms with Crippen molar-refractivity contribution in [2.45, 2.75) is 46.0 Å². The number of hydrogen-bond donors (Lipinski definition) is 2. The van der Waals surface area contributed by atoms with E-state index in [9.17, 15) is 4.79 Å². The monoisotopic (exact) mass is 324 g/mol. The van der Waals surface area contributed by atoms with Crippen molar-refractivity contribution in [1.82, 2.24) is 0 Å². The summed E-state index contributed by atoms with van der Waals surface area (Å²) in [5.41, 5.74) is 8.14. The van der Waals surface area contributed by atoms with Gasteiger partial charge in [0.05, 0.1) is 5.69 Å². The number of carbonyl (C=O) groups excluding carboxylic acids is 1. The van der Waals surface area contributed by atoms with E-state index in [1.807, 2.05) is 19.1 Å². The Morgan fingerprint density at radius 1 is 1.32 bits per heavy atom. The molecule has 0 spiro atoms. The van der Waals surface area contributed by atoms with Gasteiger partial charge in [0.2, 0.25) is 5.91 Å². The SMILES string of the molecule is Cc1cc(Br)c(NC(=O)C2(C)CCCCC2)cc1N. The Labute approximate surface area is 123 Å². The molecule has 1 fully saturated rings. The number of amides is 1. The van der Waals surface area contributed by atoms with E-state index in [2.05, 4.69) is 28.2 Å². The molecule has 19 heavy (non-hydrogen) atoms. The highest BCUT2D eigenvalue weighted by Crippen LogP contribution is 2.37. The summed E-state index contributed by atoms with van der Waals surface area (Å²) in [5.74, 6) is 0.108. The Morgan fingerprint density at radius 2 is 1.95 bits per heavy atom. The van der Waals surface area contributed by atoms with E-state index < -0.39 is 0 Å². The van der Waals surface area contributed by atoms with Crippen LogP contribution in [0.5, 0.6) is 0 Å². The second-order valence-corrected chi connectivity index (χ2v) is 6.62. The molecule has 0 unspecified atom stereocenters. The number of halogens is 1. The molecule has 3 N–H and O–H groups in total. The zero-order chi connectivity index (χ0) is 14.0. The molecule has 104 valence electrons. The van der Waals surface area contributed by atoms with E-state index in [-0.39, 0.29) is 11.3 Å². The molecule has 0 heterocycles. The van der Waals surface area contributed by atoms with Gasteiger partial charge in [-0.3, -0.25) is 4.79 Å². The molecule has 1 aliphatic rings. The Hall–Kier alpha value is -1.03. The van der Waals surface area contributed by atoms with Crippen LogP contribution < -0.4 is 11.1 Å². The summed E-state index contributed by atoms with van der Waals surface area (Å²) in [7, 11) is 0. The van der Waals surface area contributed by atoms with Crippen molar-refractivity contribution in [1.29, 1.82) is 0 Å². The van der Waals surface area contributed by atoms with Gasteiger partial charge < -0.3 is 11.1 Å². The van der Waals surface area contributed by atoms with Crippen LogP contribution in [0, 0.1) is 12.3 Å². The van der Waals surface area contributed by atoms with Gasteiger partial charge in [0, 0.05) is 15.6 Å². The van der Waals surface area contributed by atoms with Gasteiger partial charge in [-0.25, -0.2) is 0 Å². The molecule has 0 atom stereocenters. The number of hydrogen-bond acceptors (Lipinski definition) is 2. The van der Waals surface area contributed by atoms with Crippen LogP contribution in [0.2, 0.25) is 0 Å². The minimum absolute atomic E-state index is 0.108. The summed E-state index contributed by atoms with van der Waals surface area (Å²) >= 11 is 3.48. The number of nitrogens with two attached hydrogens (primary N) is 1. The van der Waals surface area contributed by atoms with E-state index in [0.29, 0.717) is 5.69 Å². The summed E-state index contributed by atoms with van der Waals surface area (Å²) in [6, 6.07) is 3.76. The number of benzene rings is 1. The van der Waals surface area contributed by atoms with Gasteiger partial charge in [-0.2, -0.15) is 0 Å². The smallest absolute Gasteiger partial charge is 0.230 e. The average molecular weight is 325 g/mol. The normalized spacial score (nSPS) is 18.1. The first kappa shape index (κ1) is 14.4. The quantitative estimate of drug-likeness (QED) is 0.799. The topological polar surface area (TPSA) is 55.1 Å². The van der Waals surface area contributed by atoms with Gasteiger partial charge in [-0.05, 0) is 53.4 Å². The van der Waals surface area contributed by atoms with E-state index in [1.54, 1.807) is 0 Å². The van der Waals surface area contributed by atoms with Crippen LogP contribution in [0.1, 0.15) is 44.6 Å². The summed E-state index contributed by atoms with van der Waals surface area (Å²) in [4.78, 5) is 12.5. The first-order chi connectivity index (χ1) is 8.92. The summed E-state index contributed by atoms with van der Waals surface area (Å²) in [6.07, 6.45) is 5.46. The molecule has 1 aromatic carbocycles. The maximum absolute atomic E-state index is 12.5. The number of aryl methyl sites for hydroxylation is 1. The van der Waals surface area contributed by atoms with Crippen molar-refractivity contribution in [3.63, 3.8) is 0 Å². The molecule has 4 heteroatoms. The zero-order valence-electron chi connectivity index (χ0n) is 11.6. The van der Waals surface area contributed by atoms with Gasteiger partial charge in [-0.1, -0.05) is 26.2 Å². The molecule has 2 rings (SSSR count). The van der Waals surface area contributed by atoms with Crippen LogP contribution >= 0.6 is 15.9 Å². The molecule has 0 aromatic heterocycles. The molecule has 3 nitrogen and oxygen atoms in total. The van der Waals surface area contributed by atoms with Gasteiger partial charge in [-0.15, -0.1) is 0 Å². The largest absolute Gasteiger partial charge is 0.398 e. The molecule has 1 aliphatic carbocycles. The van der Waals surface area contributed by atoms with Crippen molar-refractivity contribution >= 4 is 33.2 Å². The van der Waals surface area contributed by atoms with Crippen molar-refractivity contribution in [3.05, 3.63) is 22.2 Å². The first-order valence-corrected chi connectivity index (χ1v) is 7.59. The minimum Gasteiger partial charge on any atom is -0.398 e. The lowest BCUT2D eigenvalue weighted by Gasteiger charge is -2.32. The van der Waals surface area contributed by atoms with Crippen molar-refractivity contribution in [2.75, 3.05) is 11.1 Å². The van der Waals surface area contributed by atoms with Crippen LogP contribution in [0.15, 0.2) is 16.6 Å². The third kappa shape index (κ3) is 3.11. The summed E-state index contributed by atoms with van der Waals surface area (Å²) < 4.78 is 0.881. The molecule has 0 bridgehead atoms. The molecule has 0 radical (unpaired) electrons. The number of nitrogen functional groups attached to an aromatic ring is 1. The van der Waals surface area contributed by atoms with Crippen molar-refractivity contribution in [2.24, 2.45) is 5.41 Å². The number of nitrogens with one attached hydrogen (secondary N) is 1. The van der Waals surface area contributed by atoms with Gasteiger partial charge in [0.1, 0.15) is 0 Å². The van der Waals surface area contributed by atoms with Crippen LogP contribution in [0.4, 0.5) is 11.4 Å². The van der Waals surface area contributed by atoms with Crippen LogP contribution in [0.3, 0.4) is 0 Å². The van der Waals surface area contributed by atoms with E-state index in [1.165, 1.54) is 6.42 Å². The maximum Gasteiger partial charge on any atom is 0.230 e. The van der Waals surface area contributed by atoms with Crippen LogP contribution in [-0.2, 0) is 4.79 Å². The molecular weight excluding hydrogens is 304 g/mol. The van der Waals surface area contributed by atoms with Crippen molar-refractivity contribution < 1.29 is 4.79 Å². The Bertz CT molecular complexity index is 493. The predicted molar refractivity (Wildman–Crippen MR) is 83.1 cm³/mol. The second kappa shape index (κ2) is 5.53. The summed E-state index contributed by atoms with van der Waals surface area (Å²) in [6.45, 7) is 4.01. The Morgan fingerprint density at radius 3 is 2.58 bits per heavy atom. The van der Waals surface area contributed by atoms with Gasteiger partial charge in [0.15, 0.2) is 0 Å². The predicted octanol–water partition coefficient (Wildman–Crippen LogP) is 4.25. The number of rotatable bonds is 2. The Kier molecular flexibility index (Phi) is 4.19. The Balaban J connectivity index is 2.16. The third-order valence-corrected chi connectivity index (χ3v) is 4.77.